The Kier molecular flexibility index (Phi) is 4.83. The molecule has 1 aromatic carbocycles. The van der Waals surface area contributed by atoms with Crippen molar-refractivity contribution < 1.29 is 9.53 Å². The van der Waals surface area contributed by atoms with E-state index in [0.717, 1.165) is 17.0 Å². The van der Waals surface area contributed by atoms with Gasteiger partial charge in [-0.1, -0.05) is 24.1 Å². The van der Waals surface area contributed by atoms with Gasteiger partial charge in [0, 0.05) is 18.3 Å². The Morgan fingerprint density at radius 3 is 3.05 bits per heavy atom. The Labute approximate surface area is 122 Å². The van der Waals surface area contributed by atoms with Crippen molar-refractivity contribution in [1.82, 2.24) is 9.78 Å². The van der Waals surface area contributed by atoms with E-state index >= 15 is 0 Å². The second kappa shape index (κ2) is 7.01. The predicted octanol–water partition coefficient (Wildman–Crippen LogP) is 0.992. The van der Waals surface area contributed by atoms with Crippen LogP contribution in [0.3, 0.4) is 0 Å². The zero-order chi connectivity index (χ0) is 15.1. The number of hydrogen-bond acceptors (Lipinski definition) is 4. The van der Waals surface area contributed by atoms with Crippen molar-refractivity contribution in [2.45, 2.75) is 13.1 Å². The Bertz CT molecular complexity index is 658. The summed E-state index contributed by atoms with van der Waals surface area (Å²) in [6.45, 7) is 0.847. The van der Waals surface area contributed by atoms with Gasteiger partial charge in [-0.15, -0.1) is 6.42 Å². The number of hydrogen-bond donors (Lipinski definition) is 2. The third-order valence-electron chi connectivity index (χ3n) is 2.72. The quantitative estimate of drug-likeness (QED) is 0.743. The highest BCUT2D eigenvalue weighted by atomic mass is 16.5. The highest BCUT2D eigenvalue weighted by Crippen LogP contribution is 2.19. The number of rotatable bonds is 7. The minimum atomic E-state index is -0.433. The number of benzene rings is 1. The first-order chi connectivity index (χ1) is 10.2. The summed E-state index contributed by atoms with van der Waals surface area (Å²) in [5.41, 5.74) is 6.89. The normalized spacial score (nSPS) is 9.86. The smallest absolute Gasteiger partial charge is 0.239 e. The maximum absolute atomic E-state index is 10.8. The van der Waals surface area contributed by atoms with Crippen LogP contribution in [-0.4, -0.2) is 22.3 Å². The van der Waals surface area contributed by atoms with Crippen LogP contribution in [0.4, 0.5) is 5.69 Å². The lowest BCUT2D eigenvalue weighted by Gasteiger charge is -2.10. The summed E-state index contributed by atoms with van der Waals surface area (Å²) in [5.74, 6) is 2.75. The first-order valence-corrected chi connectivity index (χ1v) is 6.38. The van der Waals surface area contributed by atoms with Crippen molar-refractivity contribution in [3.63, 3.8) is 0 Å². The number of amides is 1. The maximum Gasteiger partial charge on any atom is 0.239 e. The van der Waals surface area contributed by atoms with Gasteiger partial charge in [0.15, 0.2) is 0 Å². The van der Waals surface area contributed by atoms with Gasteiger partial charge in [-0.2, -0.15) is 5.10 Å². The number of para-hydroxylation sites is 1. The first-order valence-electron chi connectivity index (χ1n) is 6.38. The molecule has 1 heterocycles. The van der Waals surface area contributed by atoms with Crippen LogP contribution in [0, 0.1) is 12.3 Å². The predicted molar refractivity (Wildman–Crippen MR) is 79.5 cm³/mol. The number of primary amides is 1. The number of carbonyl (C=O) groups excluding carboxylic acids is 1. The molecular formula is C15H16N4O2. The van der Waals surface area contributed by atoms with E-state index in [9.17, 15) is 4.79 Å². The monoisotopic (exact) mass is 284 g/mol. The van der Waals surface area contributed by atoms with Gasteiger partial charge in [-0.3, -0.25) is 9.48 Å². The van der Waals surface area contributed by atoms with Crippen LogP contribution < -0.4 is 15.8 Å². The van der Waals surface area contributed by atoms with E-state index in [4.69, 9.17) is 16.9 Å². The molecule has 0 aliphatic rings. The topological polar surface area (TPSA) is 82.2 Å². The van der Waals surface area contributed by atoms with E-state index in [-0.39, 0.29) is 13.2 Å². The van der Waals surface area contributed by atoms with Crippen molar-refractivity contribution in [3.05, 3.63) is 42.2 Å². The van der Waals surface area contributed by atoms with E-state index < -0.39 is 5.91 Å². The van der Waals surface area contributed by atoms with Crippen LogP contribution in [0.2, 0.25) is 0 Å². The number of ether oxygens (including phenoxy) is 1. The third-order valence-corrected chi connectivity index (χ3v) is 2.72. The lowest BCUT2D eigenvalue weighted by molar-refractivity contribution is -0.118. The lowest BCUT2D eigenvalue weighted by Crippen LogP contribution is -2.18. The Balaban J connectivity index is 1.98. The summed E-state index contributed by atoms with van der Waals surface area (Å²) in [7, 11) is 0. The largest absolute Gasteiger partial charge is 0.481 e. The van der Waals surface area contributed by atoms with Gasteiger partial charge in [0.1, 0.15) is 18.9 Å². The highest BCUT2D eigenvalue weighted by Gasteiger charge is 2.04. The minimum absolute atomic E-state index is 0.0591. The number of nitrogens with two attached hydrogens (primary N) is 1. The molecule has 1 aromatic heterocycles. The molecule has 0 spiro atoms. The van der Waals surface area contributed by atoms with Gasteiger partial charge < -0.3 is 15.8 Å². The molecule has 0 unspecified atom stereocenters. The number of nitrogens with zero attached hydrogens (tertiary/aromatic N) is 2. The molecule has 1 amide bonds. The average molecular weight is 284 g/mol. The highest BCUT2D eigenvalue weighted by molar-refractivity contribution is 5.73. The fraction of sp³-hybridized carbons (Fsp3) is 0.200. The molecule has 0 saturated carbocycles. The number of aromatic nitrogens is 2. The SMILES string of the molecule is C#CCOc1ccccc1CNc1cnn(CC(N)=O)c1. The molecule has 0 bridgehead atoms. The van der Waals surface area contributed by atoms with Crippen molar-refractivity contribution in [2.24, 2.45) is 5.73 Å². The summed E-state index contributed by atoms with van der Waals surface area (Å²) in [6, 6.07) is 7.63. The van der Waals surface area contributed by atoms with E-state index in [0.29, 0.717) is 6.54 Å². The van der Waals surface area contributed by atoms with Crippen LogP contribution in [0.15, 0.2) is 36.7 Å². The van der Waals surface area contributed by atoms with Crippen LogP contribution in [0.1, 0.15) is 5.56 Å². The van der Waals surface area contributed by atoms with E-state index in [1.165, 1.54) is 4.68 Å². The molecule has 3 N–H and O–H groups in total. The molecule has 0 radical (unpaired) electrons. The van der Waals surface area contributed by atoms with Gasteiger partial charge in [-0.25, -0.2) is 0 Å². The fourth-order valence-electron chi connectivity index (χ4n) is 1.81. The third kappa shape index (κ3) is 4.28. The molecule has 0 fully saturated rings. The summed E-state index contributed by atoms with van der Waals surface area (Å²) >= 11 is 0. The van der Waals surface area contributed by atoms with Crippen LogP contribution >= 0.6 is 0 Å². The molecule has 6 nitrogen and oxygen atoms in total. The van der Waals surface area contributed by atoms with Crippen molar-refractivity contribution in [3.8, 4) is 18.1 Å². The van der Waals surface area contributed by atoms with Gasteiger partial charge in [0.25, 0.3) is 0 Å². The summed E-state index contributed by atoms with van der Waals surface area (Å²) in [6.07, 6.45) is 8.55. The summed E-state index contributed by atoms with van der Waals surface area (Å²) < 4.78 is 6.95. The van der Waals surface area contributed by atoms with E-state index in [1.54, 1.807) is 12.4 Å². The number of nitrogens with one attached hydrogen (secondary N) is 1. The Morgan fingerprint density at radius 2 is 2.29 bits per heavy atom. The molecule has 0 atom stereocenters. The minimum Gasteiger partial charge on any atom is -0.481 e. The fourth-order valence-corrected chi connectivity index (χ4v) is 1.81. The molecule has 21 heavy (non-hydrogen) atoms. The second-order valence-corrected chi connectivity index (χ2v) is 4.35. The summed E-state index contributed by atoms with van der Waals surface area (Å²) in [4.78, 5) is 10.8. The van der Waals surface area contributed by atoms with Crippen LogP contribution in [-0.2, 0) is 17.9 Å². The van der Waals surface area contributed by atoms with Gasteiger partial charge in [0.2, 0.25) is 5.91 Å². The molecule has 0 saturated heterocycles. The van der Waals surface area contributed by atoms with Gasteiger partial charge in [0.05, 0.1) is 11.9 Å². The molecule has 2 rings (SSSR count). The molecular weight excluding hydrogens is 268 g/mol. The van der Waals surface area contributed by atoms with Crippen molar-refractivity contribution in [2.75, 3.05) is 11.9 Å². The van der Waals surface area contributed by atoms with Crippen LogP contribution in [0.25, 0.3) is 0 Å². The maximum atomic E-state index is 10.8. The van der Waals surface area contributed by atoms with Crippen molar-refractivity contribution in [1.29, 1.82) is 0 Å². The molecule has 0 aliphatic heterocycles. The van der Waals surface area contributed by atoms with Crippen molar-refractivity contribution >= 4 is 11.6 Å². The molecule has 0 aliphatic carbocycles. The number of carbonyl (C=O) groups is 1. The zero-order valence-corrected chi connectivity index (χ0v) is 11.5. The number of terminal acetylenes is 1. The van der Waals surface area contributed by atoms with Crippen LogP contribution in [0.5, 0.6) is 5.75 Å². The lowest BCUT2D eigenvalue weighted by atomic mass is 10.2. The Morgan fingerprint density at radius 1 is 1.48 bits per heavy atom. The van der Waals surface area contributed by atoms with E-state index in [2.05, 4.69) is 16.3 Å². The van der Waals surface area contributed by atoms with E-state index in [1.807, 2.05) is 24.3 Å². The zero-order valence-electron chi connectivity index (χ0n) is 11.5. The Hall–Kier alpha value is -2.94. The van der Waals surface area contributed by atoms with Gasteiger partial charge in [-0.05, 0) is 6.07 Å². The first kappa shape index (κ1) is 14.5. The standard InChI is InChI=1S/C15H16N4O2/c1-2-7-21-14-6-4-3-5-12(14)8-17-13-9-18-19(10-13)11-15(16)20/h1,3-6,9-10,17H,7-8,11H2,(H2,16,20). The average Bonchev–Trinajstić information content (AvgIpc) is 2.90. The number of anilines is 1. The summed E-state index contributed by atoms with van der Waals surface area (Å²) in [5, 5.41) is 7.24. The molecule has 2 aromatic rings. The van der Waals surface area contributed by atoms with Gasteiger partial charge >= 0.3 is 0 Å². The molecule has 6 heteroatoms. The second-order valence-electron chi connectivity index (χ2n) is 4.35. The molecule has 108 valence electrons.